The molecule has 0 saturated carbocycles. The summed E-state index contributed by atoms with van der Waals surface area (Å²) in [5.74, 6) is 0. The van der Waals surface area contributed by atoms with E-state index in [1.165, 1.54) is 0 Å². The van der Waals surface area contributed by atoms with Gasteiger partial charge in [0.25, 0.3) is 0 Å². The average Bonchev–Trinajstić information content (AvgIpc) is 2.31. The molecular weight excluding hydrogens is 206 g/mol. The van der Waals surface area contributed by atoms with Crippen molar-refractivity contribution in [2.75, 3.05) is 59.0 Å². The molecule has 5 heteroatoms. The predicted molar refractivity (Wildman–Crippen MR) is 64.4 cm³/mol. The van der Waals surface area contributed by atoms with Crippen LogP contribution in [0.3, 0.4) is 0 Å². The number of nitrogens with zero attached hydrogens (tertiary/aromatic N) is 2. The smallest absolute Gasteiger partial charge is 0.0823 e. The number of aliphatic hydroxyl groups excluding tert-OH is 1. The van der Waals surface area contributed by atoms with E-state index in [9.17, 15) is 0 Å². The van der Waals surface area contributed by atoms with Crippen LogP contribution in [0.2, 0.25) is 0 Å². The lowest BCUT2D eigenvalue weighted by molar-refractivity contribution is 0.0226. The fraction of sp³-hybridized carbons (Fsp3) is 1.00. The normalized spacial score (nSPS) is 21.2. The van der Waals surface area contributed by atoms with Crippen LogP contribution in [0, 0.1) is 0 Å². The molecule has 1 aliphatic heterocycles. The SMILES string of the molecule is CCOC(CN)CN1CCN(CCO)CC1. The lowest BCUT2D eigenvalue weighted by Crippen LogP contribution is -2.50. The first-order valence-electron chi connectivity index (χ1n) is 6.17. The van der Waals surface area contributed by atoms with Gasteiger partial charge < -0.3 is 15.6 Å². The van der Waals surface area contributed by atoms with Gasteiger partial charge in [-0.2, -0.15) is 0 Å². The van der Waals surface area contributed by atoms with Crippen LogP contribution in [0.1, 0.15) is 6.92 Å². The van der Waals surface area contributed by atoms with Crippen LogP contribution in [-0.4, -0.2) is 80.0 Å². The minimum absolute atomic E-state index is 0.161. The number of ether oxygens (including phenoxy) is 1. The molecule has 0 aromatic rings. The van der Waals surface area contributed by atoms with E-state index in [-0.39, 0.29) is 12.7 Å². The summed E-state index contributed by atoms with van der Waals surface area (Å²) in [6.45, 7) is 9.45. The number of hydrogen-bond acceptors (Lipinski definition) is 5. The molecule has 1 aliphatic rings. The van der Waals surface area contributed by atoms with Crippen molar-refractivity contribution in [2.45, 2.75) is 13.0 Å². The zero-order valence-corrected chi connectivity index (χ0v) is 10.3. The summed E-state index contributed by atoms with van der Waals surface area (Å²) in [5.41, 5.74) is 5.66. The molecule has 0 bridgehead atoms. The Hall–Kier alpha value is -0.200. The Morgan fingerprint density at radius 3 is 2.38 bits per heavy atom. The van der Waals surface area contributed by atoms with Crippen molar-refractivity contribution >= 4 is 0 Å². The number of nitrogens with two attached hydrogens (primary N) is 1. The second-order valence-electron chi connectivity index (χ2n) is 4.18. The second kappa shape index (κ2) is 7.97. The maximum atomic E-state index is 8.85. The van der Waals surface area contributed by atoms with Crippen LogP contribution >= 0.6 is 0 Å². The fourth-order valence-electron chi connectivity index (χ4n) is 2.06. The zero-order chi connectivity index (χ0) is 11.8. The third kappa shape index (κ3) is 4.76. The Morgan fingerprint density at radius 1 is 1.25 bits per heavy atom. The minimum Gasteiger partial charge on any atom is -0.395 e. The third-order valence-electron chi connectivity index (χ3n) is 3.01. The molecule has 1 saturated heterocycles. The fourth-order valence-corrected chi connectivity index (χ4v) is 2.06. The van der Waals surface area contributed by atoms with Gasteiger partial charge in [-0.15, -0.1) is 0 Å². The van der Waals surface area contributed by atoms with Gasteiger partial charge in [0.1, 0.15) is 0 Å². The van der Waals surface area contributed by atoms with Gasteiger partial charge in [-0.05, 0) is 6.92 Å². The Bertz CT molecular complexity index is 173. The van der Waals surface area contributed by atoms with Gasteiger partial charge in [-0.25, -0.2) is 0 Å². The lowest BCUT2D eigenvalue weighted by atomic mass is 10.2. The molecule has 3 N–H and O–H groups in total. The van der Waals surface area contributed by atoms with Crippen molar-refractivity contribution in [2.24, 2.45) is 5.73 Å². The quantitative estimate of drug-likeness (QED) is 0.586. The summed E-state index contributed by atoms with van der Waals surface area (Å²) in [7, 11) is 0. The van der Waals surface area contributed by atoms with E-state index in [1.54, 1.807) is 0 Å². The zero-order valence-electron chi connectivity index (χ0n) is 10.3. The Labute approximate surface area is 98.2 Å². The first kappa shape index (κ1) is 13.9. The molecule has 0 aromatic carbocycles. The van der Waals surface area contributed by atoms with Gasteiger partial charge in [-0.1, -0.05) is 0 Å². The van der Waals surface area contributed by atoms with Gasteiger partial charge >= 0.3 is 0 Å². The highest BCUT2D eigenvalue weighted by molar-refractivity contribution is 4.74. The molecule has 0 aromatic heterocycles. The Balaban J connectivity index is 2.20. The van der Waals surface area contributed by atoms with Crippen LogP contribution in [0.25, 0.3) is 0 Å². The maximum Gasteiger partial charge on any atom is 0.0823 e. The molecule has 1 atom stereocenters. The summed E-state index contributed by atoms with van der Waals surface area (Å²) in [4.78, 5) is 4.68. The van der Waals surface area contributed by atoms with Crippen molar-refractivity contribution in [1.82, 2.24) is 9.80 Å². The molecule has 16 heavy (non-hydrogen) atoms. The van der Waals surface area contributed by atoms with Gasteiger partial charge in [0.05, 0.1) is 12.7 Å². The Morgan fingerprint density at radius 2 is 1.88 bits per heavy atom. The molecule has 5 nitrogen and oxygen atoms in total. The number of aliphatic hydroxyl groups is 1. The molecule has 1 rings (SSSR count). The van der Waals surface area contributed by atoms with E-state index in [1.807, 2.05) is 6.92 Å². The van der Waals surface area contributed by atoms with Gasteiger partial charge in [0.15, 0.2) is 0 Å². The highest BCUT2D eigenvalue weighted by Crippen LogP contribution is 2.03. The minimum atomic E-state index is 0.161. The number of hydrogen-bond donors (Lipinski definition) is 2. The number of β-amino-alcohol motifs (C(OH)–C–C–N with tert-alkyl or cyclic N) is 1. The van der Waals surface area contributed by atoms with Crippen LogP contribution < -0.4 is 5.73 Å². The molecule has 96 valence electrons. The number of piperazine rings is 1. The van der Waals surface area contributed by atoms with E-state index in [0.29, 0.717) is 6.54 Å². The second-order valence-corrected chi connectivity index (χ2v) is 4.18. The van der Waals surface area contributed by atoms with Gasteiger partial charge in [-0.3, -0.25) is 9.80 Å². The van der Waals surface area contributed by atoms with Crippen molar-refractivity contribution in [3.8, 4) is 0 Å². The average molecular weight is 231 g/mol. The summed E-state index contributed by atoms with van der Waals surface area (Å²) >= 11 is 0. The third-order valence-corrected chi connectivity index (χ3v) is 3.01. The molecular formula is C11H25N3O2. The first-order valence-corrected chi connectivity index (χ1v) is 6.17. The van der Waals surface area contributed by atoms with E-state index in [4.69, 9.17) is 15.6 Å². The van der Waals surface area contributed by atoms with Gasteiger partial charge in [0, 0.05) is 52.4 Å². The highest BCUT2D eigenvalue weighted by Gasteiger charge is 2.19. The van der Waals surface area contributed by atoms with Crippen LogP contribution in [0.4, 0.5) is 0 Å². The van der Waals surface area contributed by atoms with E-state index >= 15 is 0 Å². The van der Waals surface area contributed by atoms with Crippen molar-refractivity contribution in [3.63, 3.8) is 0 Å². The van der Waals surface area contributed by atoms with Crippen molar-refractivity contribution in [3.05, 3.63) is 0 Å². The summed E-state index contributed by atoms with van der Waals surface area (Å²) in [5, 5.41) is 8.85. The highest BCUT2D eigenvalue weighted by atomic mass is 16.5. The van der Waals surface area contributed by atoms with E-state index < -0.39 is 0 Å². The van der Waals surface area contributed by atoms with E-state index in [2.05, 4.69) is 9.80 Å². The number of rotatable bonds is 7. The van der Waals surface area contributed by atoms with Crippen molar-refractivity contribution < 1.29 is 9.84 Å². The maximum absolute atomic E-state index is 8.85. The van der Waals surface area contributed by atoms with Crippen LogP contribution in [0.15, 0.2) is 0 Å². The molecule has 1 heterocycles. The van der Waals surface area contributed by atoms with Gasteiger partial charge in [0.2, 0.25) is 0 Å². The standard InChI is InChI=1S/C11H25N3O2/c1-2-16-11(9-12)10-14-5-3-13(4-6-14)7-8-15/h11,15H,2-10,12H2,1H3. The van der Waals surface area contributed by atoms with E-state index in [0.717, 1.165) is 45.9 Å². The molecule has 0 spiro atoms. The largest absolute Gasteiger partial charge is 0.395 e. The summed E-state index contributed by atoms with van der Waals surface area (Å²) in [6, 6.07) is 0. The monoisotopic (exact) mass is 231 g/mol. The van der Waals surface area contributed by atoms with Crippen molar-refractivity contribution in [1.29, 1.82) is 0 Å². The summed E-state index contributed by atoms with van der Waals surface area (Å²) < 4.78 is 5.55. The topological polar surface area (TPSA) is 62.0 Å². The Kier molecular flexibility index (Phi) is 6.91. The molecule has 0 aliphatic carbocycles. The molecule has 0 amide bonds. The molecule has 0 radical (unpaired) electrons. The molecule has 1 unspecified atom stereocenters. The van der Waals surface area contributed by atoms with Crippen LogP contribution in [0.5, 0.6) is 0 Å². The summed E-state index contributed by atoms with van der Waals surface area (Å²) in [6.07, 6.45) is 0.161. The molecule has 1 fully saturated rings. The lowest BCUT2D eigenvalue weighted by Gasteiger charge is -2.35. The van der Waals surface area contributed by atoms with Crippen LogP contribution in [-0.2, 0) is 4.74 Å². The first-order chi connectivity index (χ1) is 7.80. The predicted octanol–water partition coefficient (Wildman–Crippen LogP) is -1.04.